The van der Waals surface area contributed by atoms with Crippen molar-refractivity contribution >= 4 is 28.4 Å². The SMILES string of the molecule is COc1cccc(NC(=O)Nc2cncc3nc(-c4ccccc4)cnc23)c1. The summed E-state index contributed by atoms with van der Waals surface area (Å²) in [5, 5.41) is 5.54. The van der Waals surface area contributed by atoms with E-state index in [0.717, 1.165) is 11.3 Å². The van der Waals surface area contributed by atoms with Crippen LogP contribution in [0, 0.1) is 0 Å². The summed E-state index contributed by atoms with van der Waals surface area (Å²) in [6.45, 7) is 0. The molecular formula is C21H17N5O2. The number of hydrogen-bond acceptors (Lipinski definition) is 5. The van der Waals surface area contributed by atoms with E-state index in [1.165, 1.54) is 0 Å². The van der Waals surface area contributed by atoms with Crippen LogP contribution in [0.3, 0.4) is 0 Å². The van der Waals surface area contributed by atoms with Gasteiger partial charge in [-0.05, 0) is 12.1 Å². The van der Waals surface area contributed by atoms with E-state index < -0.39 is 6.03 Å². The fourth-order valence-electron chi connectivity index (χ4n) is 2.77. The number of anilines is 2. The molecule has 2 aromatic carbocycles. The Morgan fingerprint density at radius 3 is 2.64 bits per heavy atom. The molecule has 2 N–H and O–H groups in total. The van der Waals surface area contributed by atoms with E-state index in [9.17, 15) is 4.79 Å². The van der Waals surface area contributed by atoms with Crippen LogP contribution in [0.5, 0.6) is 5.75 Å². The molecule has 7 heteroatoms. The minimum absolute atomic E-state index is 0.406. The van der Waals surface area contributed by atoms with Crippen molar-refractivity contribution in [1.82, 2.24) is 15.0 Å². The summed E-state index contributed by atoms with van der Waals surface area (Å²) in [5.41, 5.74) is 3.96. The third kappa shape index (κ3) is 3.73. The summed E-state index contributed by atoms with van der Waals surface area (Å²) < 4.78 is 5.16. The van der Waals surface area contributed by atoms with E-state index in [2.05, 4.69) is 25.6 Å². The largest absolute Gasteiger partial charge is 0.497 e. The number of hydrogen-bond donors (Lipinski definition) is 2. The van der Waals surface area contributed by atoms with Crippen LogP contribution in [0.2, 0.25) is 0 Å². The van der Waals surface area contributed by atoms with Crippen LogP contribution in [-0.4, -0.2) is 28.1 Å². The van der Waals surface area contributed by atoms with Gasteiger partial charge in [0.05, 0.1) is 37.1 Å². The molecule has 0 saturated carbocycles. The predicted octanol–water partition coefficient (Wildman–Crippen LogP) is 4.34. The standard InChI is InChI=1S/C21H17N5O2/c1-28-16-9-5-8-15(10-16)24-21(27)26-19-12-22-11-18-20(19)23-13-17(25-18)14-6-3-2-4-7-14/h2-13H,1H3,(H2,24,26,27). The maximum absolute atomic E-state index is 12.4. The first-order chi connectivity index (χ1) is 13.7. The topological polar surface area (TPSA) is 89.0 Å². The number of ether oxygens (including phenoxy) is 1. The number of urea groups is 1. The van der Waals surface area contributed by atoms with Gasteiger partial charge in [-0.2, -0.15) is 0 Å². The first-order valence-corrected chi connectivity index (χ1v) is 8.61. The molecular weight excluding hydrogens is 354 g/mol. The maximum atomic E-state index is 12.4. The van der Waals surface area contributed by atoms with Crippen molar-refractivity contribution in [2.24, 2.45) is 0 Å². The minimum atomic E-state index is -0.406. The number of fused-ring (bicyclic) bond motifs is 1. The quantitative estimate of drug-likeness (QED) is 0.557. The predicted molar refractivity (Wildman–Crippen MR) is 108 cm³/mol. The molecule has 4 aromatic rings. The summed E-state index contributed by atoms with van der Waals surface area (Å²) in [7, 11) is 1.57. The van der Waals surface area contributed by atoms with E-state index in [1.807, 2.05) is 30.3 Å². The first kappa shape index (κ1) is 17.4. The Kier molecular flexibility index (Phi) is 4.79. The maximum Gasteiger partial charge on any atom is 0.323 e. The van der Waals surface area contributed by atoms with Crippen molar-refractivity contribution in [1.29, 1.82) is 0 Å². The highest BCUT2D eigenvalue weighted by Crippen LogP contribution is 2.23. The van der Waals surface area contributed by atoms with Gasteiger partial charge in [0.25, 0.3) is 0 Å². The zero-order valence-corrected chi connectivity index (χ0v) is 15.1. The fraction of sp³-hybridized carbons (Fsp3) is 0.0476. The van der Waals surface area contributed by atoms with E-state index in [4.69, 9.17) is 4.74 Å². The lowest BCUT2D eigenvalue weighted by atomic mass is 10.1. The number of nitrogens with zero attached hydrogens (tertiary/aromatic N) is 3. The van der Waals surface area contributed by atoms with Gasteiger partial charge in [-0.1, -0.05) is 36.4 Å². The number of aromatic nitrogens is 3. The molecule has 0 aliphatic rings. The van der Waals surface area contributed by atoms with Gasteiger partial charge in [-0.25, -0.2) is 9.78 Å². The van der Waals surface area contributed by atoms with Crippen LogP contribution in [0.1, 0.15) is 0 Å². The van der Waals surface area contributed by atoms with Gasteiger partial charge in [0.15, 0.2) is 0 Å². The van der Waals surface area contributed by atoms with Gasteiger partial charge in [-0.15, -0.1) is 0 Å². The number of carbonyl (C=O) groups is 1. The van der Waals surface area contributed by atoms with Crippen molar-refractivity contribution in [2.45, 2.75) is 0 Å². The summed E-state index contributed by atoms with van der Waals surface area (Å²) >= 11 is 0. The van der Waals surface area contributed by atoms with Gasteiger partial charge in [0.2, 0.25) is 0 Å². The molecule has 7 nitrogen and oxygen atoms in total. The zero-order valence-electron chi connectivity index (χ0n) is 15.1. The van der Waals surface area contributed by atoms with Crippen molar-refractivity contribution in [2.75, 3.05) is 17.7 Å². The lowest BCUT2D eigenvalue weighted by Gasteiger charge is -2.10. The van der Waals surface area contributed by atoms with E-state index in [1.54, 1.807) is 50.0 Å². The van der Waals surface area contributed by atoms with E-state index in [0.29, 0.717) is 28.2 Å². The third-order valence-corrected chi connectivity index (χ3v) is 4.10. The Hall–Kier alpha value is -4.00. The summed E-state index contributed by atoms with van der Waals surface area (Å²) in [4.78, 5) is 25.6. The Balaban J connectivity index is 1.57. The number of carbonyl (C=O) groups excluding carboxylic acids is 1. The number of nitrogens with one attached hydrogen (secondary N) is 2. The van der Waals surface area contributed by atoms with Crippen LogP contribution < -0.4 is 15.4 Å². The van der Waals surface area contributed by atoms with Crippen LogP contribution in [0.25, 0.3) is 22.3 Å². The summed E-state index contributed by atoms with van der Waals surface area (Å²) in [6, 6.07) is 16.5. The highest BCUT2D eigenvalue weighted by molar-refractivity contribution is 6.04. The van der Waals surface area contributed by atoms with Crippen LogP contribution in [0.15, 0.2) is 73.2 Å². The fourth-order valence-corrected chi connectivity index (χ4v) is 2.77. The second-order valence-corrected chi connectivity index (χ2v) is 5.99. The highest BCUT2D eigenvalue weighted by atomic mass is 16.5. The Labute approximate surface area is 161 Å². The molecule has 0 fully saturated rings. The third-order valence-electron chi connectivity index (χ3n) is 4.10. The number of amides is 2. The highest BCUT2D eigenvalue weighted by Gasteiger charge is 2.10. The lowest BCUT2D eigenvalue weighted by Crippen LogP contribution is -2.20. The van der Waals surface area contributed by atoms with Gasteiger partial charge in [-0.3, -0.25) is 9.97 Å². The average molecular weight is 371 g/mol. The molecule has 28 heavy (non-hydrogen) atoms. The number of rotatable bonds is 4. The van der Waals surface area contributed by atoms with Crippen LogP contribution in [0.4, 0.5) is 16.2 Å². The molecule has 2 heterocycles. The minimum Gasteiger partial charge on any atom is -0.497 e. The first-order valence-electron chi connectivity index (χ1n) is 8.61. The molecule has 0 aliphatic heterocycles. The smallest absolute Gasteiger partial charge is 0.323 e. The van der Waals surface area contributed by atoms with Gasteiger partial charge in [0, 0.05) is 17.3 Å². The molecule has 2 amide bonds. The Morgan fingerprint density at radius 2 is 1.82 bits per heavy atom. The zero-order chi connectivity index (χ0) is 19.3. The van der Waals surface area contributed by atoms with Gasteiger partial charge >= 0.3 is 6.03 Å². The van der Waals surface area contributed by atoms with E-state index >= 15 is 0 Å². The molecule has 0 spiro atoms. The normalized spacial score (nSPS) is 10.5. The summed E-state index contributed by atoms with van der Waals surface area (Å²) in [5.74, 6) is 0.656. The van der Waals surface area contributed by atoms with Crippen molar-refractivity contribution in [3.8, 4) is 17.0 Å². The molecule has 2 aromatic heterocycles. The Bertz CT molecular complexity index is 1130. The van der Waals surface area contributed by atoms with E-state index in [-0.39, 0.29) is 0 Å². The van der Waals surface area contributed by atoms with Gasteiger partial charge < -0.3 is 15.4 Å². The molecule has 4 rings (SSSR count). The summed E-state index contributed by atoms with van der Waals surface area (Å²) in [6.07, 6.45) is 4.85. The Morgan fingerprint density at radius 1 is 0.964 bits per heavy atom. The molecule has 0 radical (unpaired) electrons. The molecule has 0 bridgehead atoms. The molecule has 0 unspecified atom stereocenters. The number of methoxy groups -OCH3 is 1. The van der Waals surface area contributed by atoms with Crippen molar-refractivity contribution < 1.29 is 9.53 Å². The monoisotopic (exact) mass is 371 g/mol. The number of benzene rings is 2. The van der Waals surface area contributed by atoms with Crippen molar-refractivity contribution in [3.63, 3.8) is 0 Å². The molecule has 0 atom stereocenters. The van der Waals surface area contributed by atoms with Crippen LogP contribution >= 0.6 is 0 Å². The molecule has 0 saturated heterocycles. The second-order valence-electron chi connectivity index (χ2n) is 5.99. The lowest BCUT2D eigenvalue weighted by molar-refractivity contribution is 0.262. The second kappa shape index (κ2) is 7.71. The van der Waals surface area contributed by atoms with Gasteiger partial charge in [0.1, 0.15) is 16.8 Å². The molecule has 138 valence electrons. The number of pyridine rings is 1. The average Bonchev–Trinajstić information content (AvgIpc) is 2.74. The van der Waals surface area contributed by atoms with Crippen molar-refractivity contribution in [3.05, 3.63) is 73.2 Å². The van der Waals surface area contributed by atoms with Crippen LogP contribution in [-0.2, 0) is 0 Å². The molecule has 0 aliphatic carbocycles.